The molecule has 0 saturated heterocycles. The van der Waals surface area contributed by atoms with E-state index in [0.717, 1.165) is 0 Å². The van der Waals surface area contributed by atoms with E-state index in [2.05, 4.69) is 4.74 Å². The molecule has 2 saturated carbocycles. The van der Waals surface area contributed by atoms with Crippen LogP contribution in [0.25, 0.3) is 0 Å². The normalized spacial score (nSPS) is 42.5. The van der Waals surface area contributed by atoms with E-state index in [-0.39, 0.29) is 18.3 Å². The molecule has 2 fully saturated rings. The largest absolute Gasteiger partial charge is 0.481 e. The Bertz CT molecular complexity index is 520. The number of esters is 1. The quantitative estimate of drug-likeness (QED) is 0.616. The molecule has 0 bridgehead atoms. The lowest BCUT2D eigenvalue weighted by atomic mass is 9.69. The summed E-state index contributed by atoms with van der Waals surface area (Å²) in [6.45, 7) is 3.59. The summed E-state index contributed by atoms with van der Waals surface area (Å²) in [7, 11) is 1.26. The van der Waals surface area contributed by atoms with E-state index < -0.39 is 40.7 Å². The van der Waals surface area contributed by atoms with Crippen molar-refractivity contribution in [2.24, 2.45) is 34.8 Å². The summed E-state index contributed by atoms with van der Waals surface area (Å²) in [4.78, 5) is 35.2. The molecule has 6 unspecified atom stereocenters. The van der Waals surface area contributed by atoms with Gasteiger partial charge in [-0.1, -0.05) is 20.3 Å². The minimum absolute atomic E-state index is 0.0113. The Balaban J connectivity index is 2.52. The third-order valence-electron chi connectivity index (χ3n) is 6.01. The molecule has 0 aromatic heterocycles. The Hall–Kier alpha value is -1.63. The minimum atomic E-state index is -1.62. The molecule has 124 valence electrons. The monoisotopic (exact) mass is 313 g/mol. The van der Waals surface area contributed by atoms with Gasteiger partial charge in [-0.15, -0.1) is 0 Å². The van der Waals surface area contributed by atoms with Crippen molar-refractivity contribution in [3.8, 4) is 0 Å². The Morgan fingerprint density at radius 3 is 2.18 bits per heavy atom. The summed E-state index contributed by atoms with van der Waals surface area (Å²) in [6, 6.07) is 0. The average molecular weight is 313 g/mol. The number of fused-ring (bicyclic) bond motifs is 1. The van der Waals surface area contributed by atoms with Crippen molar-refractivity contribution >= 4 is 17.9 Å². The molecule has 22 heavy (non-hydrogen) atoms. The third-order valence-corrected chi connectivity index (χ3v) is 6.01. The van der Waals surface area contributed by atoms with Crippen LogP contribution in [0.2, 0.25) is 0 Å². The maximum atomic E-state index is 11.9. The molecule has 6 atom stereocenters. The number of carboxylic acid groups (broad SMARTS) is 2. The number of ether oxygens (including phenoxy) is 1. The average Bonchev–Trinajstić information content (AvgIpc) is 3.11. The molecule has 2 aliphatic carbocycles. The maximum absolute atomic E-state index is 11.9. The zero-order valence-corrected chi connectivity index (χ0v) is 13.0. The summed E-state index contributed by atoms with van der Waals surface area (Å²) in [6.07, 6.45) is 0.859. The van der Waals surface area contributed by atoms with Crippen molar-refractivity contribution in [2.75, 3.05) is 7.11 Å². The van der Waals surface area contributed by atoms with Crippen molar-refractivity contribution in [2.45, 2.75) is 38.6 Å². The number of hydrogen-bond donors (Lipinski definition) is 3. The zero-order chi connectivity index (χ0) is 16.9. The molecule has 0 aliphatic heterocycles. The molecule has 7 nitrogen and oxygen atoms in total. The van der Waals surface area contributed by atoms with Gasteiger partial charge in [0.2, 0.25) is 0 Å². The van der Waals surface area contributed by atoms with Gasteiger partial charge in [0.05, 0.1) is 13.0 Å². The van der Waals surface area contributed by atoms with Crippen molar-refractivity contribution < 1.29 is 29.3 Å². The van der Waals surface area contributed by atoms with E-state index in [1.165, 1.54) is 7.11 Å². The molecular formula is C15H23NO6. The van der Waals surface area contributed by atoms with Crippen molar-refractivity contribution in [3.05, 3.63) is 0 Å². The van der Waals surface area contributed by atoms with Crippen molar-refractivity contribution in [1.29, 1.82) is 0 Å². The van der Waals surface area contributed by atoms with Crippen LogP contribution < -0.4 is 5.73 Å². The number of aliphatic carboxylic acids is 2. The van der Waals surface area contributed by atoms with E-state index in [4.69, 9.17) is 5.73 Å². The molecule has 0 radical (unpaired) electrons. The molecular weight excluding hydrogens is 290 g/mol. The van der Waals surface area contributed by atoms with Gasteiger partial charge in [-0.3, -0.25) is 14.4 Å². The summed E-state index contributed by atoms with van der Waals surface area (Å²) in [5.74, 6) is -4.69. The van der Waals surface area contributed by atoms with Crippen LogP contribution in [0.1, 0.15) is 33.1 Å². The van der Waals surface area contributed by atoms with Gasteiger partial charge in [0.1, 0.15) is 5.54 Å². The highest BCUT2D eigenvalue weighted by Gasteiger charge is 2.85. The Morgan fingerprint density at radius 2 is 1.82 bits per heavy atom. The van der Waals surface area contributed by atoms with Gasteiger partial charge in [-0.05, 0) is 24.2 Å². The zero-order valence-electron chi connectivity index (χ0n) is 13.0. The number of carboxylic acids is 2. The van der Waals surface area contributed by atoms with Gasteiger partial charge in [0.25, 0.3) is 0 Å². The van der Waals surface area contributed by atoms with Crippen molar-refractivity contribution in [3.63, 3.8) is 0 Å². The first-order valence-electron chi connectivity index (χ1n) is 7.55. The Morgan fingerprint density at radius 1 is 1.23 bits per heavy atom. The van der Waals surface area contributed by atoms with E-state index >= 15 is 0 Å². The fourth-order valence-electron chi connectivity index (χ4n) is 5.21. The van der Waals surface area contributed by atoms with Crippen LogP contribution in [0.15, 0.2) is 0 Å². The highest BCUT2D eigenvalue weighted by Crippen LogP contribution is 2.78. The minimum Gasteiger partial charge on any atom is -0.481 e. The lowest BCUT2D eigenvalue weighted by Gasteiger charge is -2.38. The summed E-state index contributed by atoms with van der Waals surface area (Å²) >= 11 is 0. The lowest BCUT2D eigenvalue weighted by molar-refractivity contribution is -0.153. The van der Waals surface area contributed by atoms with Crippen LogP contribution in [0, 0.1) is 29.1 Å². The van der Waals surface area contributed by atoms with Crippen LogP contribution in [0.4, 0.5) is 0 Å². The van der Waals surface area contributed by atoms with Crippen LogP contribution in [0.3, 0.4) is 0 Å². The molecule has 2 rings (SSSR count). The predicted molar refractivity (Wildman–Crippen MR) is 75.8 cm³/mol. The van der Waals surface area contributed by atoms with Gasteiger partial charge >= 0.3 is 17.9 Å². The first-order valence-corrected chi connectivity index (χ1v) is 7.55. The molecule has 0 aromatic carbocycles. The summed E-state index contributed by atoms with van der Waals surface area (Å²) in [5.41, 5.74) is 3.70. The highest BCUT2D eigenvalue weighted by atomic mass is 16.5. The van der Waals surface area contributed by atoms with Crippen LogP contribution >= 0.6 is 0 Å². The molecule has 0 aromatic rings. The summed E-state index contributed by atoms with van der Waals surface area (Å²) < 4.78 is 4.69. The first kappa shape index (κ1) is 16.7. The van der Waals surface area contributed by atoms with Gasteiger partial charge in [0, 0.05) is 11.8 Å². The number of rotatable bonds is 6. The molecule has 4 N–H and O–H groups in total. The van der Waals surface area contributed by atoms with Crippen LogP contribution in [0.5, 0.6) is 0 Å². The molecule has 2 aliphatic rings. The van der Waals surface area contributed by atoms with Crippen LogP contribution in [-0.4, -0.2) is 40.8 Å². The maximum Gasteiger partial charge on any atom is 0.324 e. The molecule has 0 amide bonds. The van der Waals surface area contributed by atoms with Gasteiger partial charge < -0.3 is 20.7 Å². The number of nitrogens with two attached hydrogens (primary N) is 1. The Kier molecular flexibility index (Phi) is 3.97. The second kappa shape index (κ2) is 5.22. The van der Waals surface area contributed by atoms with Gasteiger partial charge in [-0.25, -0.2) is 0 Å². The number of methoxy groups -OCH3 is 1. The predicted octanol–water partition coefficient (Wildman–Crippen LogP) is 0.715. The van der Waals surface area contributed by atoms with Gasteiger partial charge in [-0.2, -0.15) is 0 Å². The highest BCUT2D eigenvalue weighted by molar-refractivity contribution is 5.88. The summed E-state index contributed by atoms with van der Waals surface area (Å²) in [5, 5.41) is 19.2. The number of carbonyl (C=O) groups excluding carboxylic acids is 1. The van der Waals surface area contributed by atoms with E-state index in [1.54, 1.807) is 6.92 Å². The SMILES string of the molecule is CCC1C(CC(=O)OC)C2C(C(=O)O)C2(CC)C1(N)C(=O)O. The van der Waals surface area contributed by atoms with Gasteiger partial charge in [0.15, 0.2) is 0 Å². The first-order chi connectivity index (χ1) is 10.2. The van der Waals surface area contributed by atoms with E-state index in [0.29, 0.717) is 12.8 Å². The second-order valence-corrected chi connectivity index (χ2v) is 6.37. The standard InChI is InChI=1S/C15H23NO6/c1-4-8-7(6-9(17)22-3)10-11(12(18)19)14(10,5-2)15(8,16)13(20)21/h7-8,10-11H,4-6,16H2,1-3H3,(H,18,19)(H,20,21). The number of carbonyl (C=O) groups is 3. The Labute approximate surface area is 128 Å². The molecule has 0 spiro atoms. The smallest absolute Gasteiger partial charge is 0.324 e. The number of hydrogen-bond acceptors (Lipinski definition) is 5. The van der Waals surface area contributed by atoms with E-state index in [1.807, 2.05) is 6.92 Å². The molecule has 0 heterocycles. The lowest BCUT2D eigenvalue weighted by Crippen LogP contribution is -2.60. The topological polar surface area (TPSA) is 127 Å². The third kappa shape index (κ3) is 1.74. The van der Waals surface area contributed by atoms with Crippen molar-refractivity contribution in [1.82, 2.24) is 0 Å². The molecule has 7 heteroatoms. The fraction of sp³-hybridized carbons (Fsp3) is 0.800. The van der Waals surface area contributed by atoms with E-state index in [9.17, 15) is 24.6 Å². The fourth-order valence-corrected chi connectivity index (χ4v) is 5.21. The second-order valence-electron chi connectivity index (χ2n) is 6.37. The van der Waals surface area contributed by atoms with Crippen LogP contribution in [-0.2, 0) is 19.1 Å².